The first-order valence-corrected chi connectivity index (χ1v) is 6.26. The van der Waals surface area contributed by atoms with Crippen LogP contribution in [0.15, 0.2) is 24.3 Å². The van der Waals surface area contributed by atoms with E-state index in [0.29, 0.717) is 13.0 Å². The van der Waals surface area contributed by atoms with E-state index in [1.54, 1.807) is 0 Å². The molecule has 1 aromatic rings. The summed E-state index contributed by atoms with van der Waals surface area (Å²) in [6, 6.07) is 7.55. The normalized spacial score (nSPS) is 11.9. The van der Waals surface area contributed by atoms with E-state index in [1.807, 2.05) is 38.1 Å². The van der Waals surface area contributed by atoms with Gasteiger partial charge in [-0.25, -0.2) is 0 Å². The van der Waals surface area contributed by atoms with Crippen molar-refractivity contribution in [2.45, 2.75) is 32.7 Å². The number of benzene rings is 1. The van der Waals surface area contributed by atoms with Gasteiger partial charge in [-0.15, -0.1) is 0 Å². The molecule has 0 saturated carbocycles. The second-order valence-corrected chi connectivity index (χ2v) is 4.22. The summed E-state index contributed by atoms with van der Waals surface area (Å²) < 4.78 is 5.53. The van der Waals surface area contributed by atoms with E-state index < -0.39 is 0 Å². The van der Waals surface area contributed by atoms with Crippen LogP contribution in [0.2, 0.25) is 0 Å². The van der Waals surface area contributed by atoms with Gasteiger partial charge in [0.05, 0.1) is 25.7 Å². The molecule has 0 radical (unpaired) electrons. The lowest BCUT2D eigenvalue weighted by atomic mass is 10.2. The minimum absolute atomic E-state index is 0.0269. The third-order valence-electron chi connectivity index (χ3n) is 2.76. The molecule has 0 bridgehead atoms. The van der Waals surface area contributed by atoms with Crippen LogP contribution in [0.4, 0.5) is 0 Å². The maximum Gasteiger partial charge on any atom is 0.223 e. The van der Waals surface area contributed by atoms with Gasteiger partial charge in [0.25, 0.3) is 0 Å². The largest absolute Gasteiger partial charge is 0.493 e. The molecule has 100 valence electrons. The second-order valence-electron chi connectivity index (χ2n) is 4.22. The number of amides is 1. The van der Waals surface area contributed by atoms with Gasteiger partial charge in [-0.05, 0) is 25.0 Å². The zero-order valence-corrected chi connectivity index (χ0v) is 11.0. The summed E-state index contributed by atoms with van der Waals surface area (Å²) in [5, 5.41) is 11.7. The van der Waals surface area contributed by atoms with E-state index in [4.69, 9.17) is 9.84 Å². The number of aryl methyl sites for hydroxylation is 1. The minimum Gasteiger partial charge on any atom is -0.493 e. The Morgan fingerprint density at radius 1 is 1.44 bits per heavy atom. The van der Waals surface area contributed by atoms with Gasteiger partial charge in [-0.2, -0.15) is 0 Å². The number of carbonyl (C=O) groups excluding carboxylic acids is 1. The van der Waals surface area contributed by atoms with E-state index in [0.717, 1.165) is 17.7 Å². The summed E-state index contributed by atoms with van der Waals surface area (Å²) in [4.78, 5) is 11.5. The number of aliphatic hydroxyl groups is 1. The number of hydrogen-bond acceptors (Lipinski definition) is 3. The monoisotopic (exact) mass is 251 g/mol. The molecule has 1 amide bonds. The highest BCUT2D eigenvalue weighted by Gasteiger charge is 2.09. The van der Waals surface area contributed by atoms with E-state index >= 15 is 0 Å². The number of ether oxygens (including phenoxy) is 1. The lowest BCUT2D eigenvalue weighted by Gasteiger charge is -2.14. The van der Waals surface area contributed by atoms with Crippen molar-refractivity contribution < 1.29 is 14.6 Å². The topological polar surface area (TPSA) is 58.6 Å². The van der Waals surface area contributed by atoms with Crippen molar-refractivity contribution in [1.82, 2.24) is 5.32 Å². The summed E-state index contributed by atoms with van der Waals surface area (Å²) >= 11 is 0. The quantitative estimate of drug-likeness (QED) is 0.774. The fourth-order valence-corrected chi connectivity index (χ4v) is 1.55. The van der Waals surface area contributed by atoms with Crippen molar-refractivity contribution in [3.05, 3.63) is 29.8 Å². The molecule has 0 fully saturated rings. The van der Waals surface area contributed by atoms with Gasteiger partial charge in [-0.1, -0.05) is 25.1 Å². The van der Waals surface area contributed by atoms with Crippen LogP contribution >= 0.6 is 0 Å². The highest BCUT2D eigenvalue weighted by atomic mass is 16.5. The van der Waals surface area contributed by atoms with Gasteiger partial charge in [0, 0.05) is 0 Å². The Bertz CT molecular complexity index is 375. The molecule has 0 unspecified atom stereocenters. The molecule has 4 heteroatoms. The smallest absolute Gasteiger partial charge is 0.223 e. The van der Waals surface area contributed by atoms with Crippen molar-refractivity contribution >= 4 is 5.91 Å². The summed E-state index contributed by atoms with van der Waals surface area (Å²) in [6.45, 7) is 4.21. The summed E-state index contributed by atoms with van der Waals surface area (Å²) in [5.41, 5.74) is 1.06. The van der Waals surface area contributed by atoms with Crippen molar-refractivity contribution in [2.75, 3.05) is 13.2 Å². The van der Waals surface area contributed by atoms with Crippen LogP contribution in [0.25, 0.3) is 0 Å². The standard InChI is InChI=1S/C14H21NO3/c1-3-12(10-16)15-14(17)8-9-18-13-7-5-4-6-11(13)2/h4-7,12,16H,3,8-10H2,1-2H3,(H,15,17)/t12-/m1/s1. The highest BCUT2D eigenvalue weighted by molar-refractivity contribution is 5.76. The fourth-order valence-electron chi connectivity index (χ4n) is 1.55. The van der Waals surface area contributed by atoms with E-state index in [-0.39, 0.29) is 18.6 Å². The molecular formula is C14H21NO3. The number of carbonyl (C=O) groups is 1. The maximum atomic E-state index is 11.5. The molecule has 2 N–H and O–H groups in total. The van der Waals surface area contributed by atoms with Crippen molar-refractivity contribution in [3.63, 3.8) is 0 Å². The maximum absolute atomic E-state index is 11.5. The Kier molecular flexibility index (Phi) is 6.22. The number of nitrogens with one attached hydrogen (secondary N) is 1. The van der Waals surface area contributed by atoms with Crippen molar-refractivity contribution in [3.8, 4) is 5.75 Å². The van der Waals surface area contributed by atoms with Crippen LogP contribution < -0.4 is 10.1 Å². The number of aliphatic hydroxyl groups excluding tert-OH is 1. The molecule has 0 heterocycles. The van der Waals surface area contributed by atoms with Gasteiger partial charge in [-0.3, -0.25) is 4.79 Å². The zero-order valence-electron chi connectivity index (χ0n) is 11.0. The molecule has 4 nitrogen and oxygen atoms in total. The third-order valence-corrected chi connectivity index (χ3v) is 2.76. The predicted octanol–water partition coefficient (Wildman–Crippen LogP) is 1.65. The second kappa shape index (κ2) is 7.71. The van der Waals surface area contributed by atoms with Crippen LogP contribution in [-0.4, -0.2) is 30.3 Å². The average molecular weight is 251 g/mol. The number of hydrogen-bond donors (Lipinski definition) is 2. The van der Waals surface area contributed by atoms with Crippen molar-refractivity contribution in [1.29, 1.82) is 0 Å². The number of rotatable bonds is 7. The van der Waals surface area contributed by atoms with Crippen molar-refractivity contribution in [2.24, 2.45) is 0 Å². The molecule has 0 spiro atoms. The third kappa shape index (κ3) is 4.75. The molecular weight excluding hydrogens is 230 g/mol. The van der Waals surface area contributed by atoms with Crippen LogP contribution in [0.5, 0.6) is 5.75 Å². The molecule has 1 aromatic carbocycles. The minimum atomic E-state index is -0.157. The first-order valence-electron chi connectivity index (χ1n) is 6.26. The van der Waals surface area contributed by atoms with Gasteiger partial charge in [0.1, 0.15) is 5.75 Å². The Labute approximate surface area is 108 Å². The average Bonchev–Trinajstić information content (AvgIpc) is 2.38. The van der Waals surface area contributed by atoms with Gasteiger partial charge in [0.2, 0.25) is 5.91 Å². The first-order chi connectivity index (χ1) is 8.67. The first kappa shape index (κ1) is 14.5. The molecule has 0 saturated heterocycles. The lowest BCUT2D eigenvalue weighted by Crippen LogP contribution is -2.37. The summed E-state index contributed by atoms with van der Waals surface area (Å²) in [5.74, 6) is 0.712. The highest BCUT2D eigenvalue weighted by Crippen LogP contribution is 2.16. The SMILES string of the molecule is CC[C@H](CO)NC(=O)CCOc1ccccc1C. The summed E-state index contributed by atoms with van der Waals surface area (Å²) in [7, 11) is 0. The number of para-hydroxylation sites is 1. The Morgan fingerprint density at radius 2 is 2.17 bits per heavy atom. The van der Waals surface area contributed by atoms with Crippen LogP contribution in [-0.2, 0) is 4.79 Å². The molecule has 1 rings (SSSR count). The van der Waals surface area contributed by atoms with E-state index in [9.17, 15) is 4.79 Å². The zero-order chi connectivity index (χ0) is 13.4. The van der Waals surface area contributed by atoms with Gasteiger partial charge >= 0.3 is 0 Å². The molecule has 0 aliphatic carbocycles. The van der Waals surface area contributed by atoms with E-state index in [2.05, 4.69) is 5.32 Å². The molecule has 0 aromatic heterocycles. The van der Waals surface area contributed by atoms with E-state index in [1.165, 1.54) is 0 Å². The van der Waals surface area contributed by atoms with Crippen LogP contribution in [0.1, 0.15) is 25.3 Å². The fraction of sp³-hybridized carbons (Fsp3) is 0.500. The molecule has 0 aliphatic rings. The lowest BCUT2D eigenvalue weighted by molar-refractivity contribution is -0.122. The Balaban J connectivity index is 2.29. The Morgan fingerprint density at radius 3 is 2.78 bits per heavy atom. The molecule has 18 heavy (non-hydrogen) atoms. The van der Waals surface area contributed by atoms with Gasteiger partial charge < -0.3 is 15.2 Å². The predicted molar refractivity (Wildman–Crippen MR) is 70.6 cm³/mol. The van der Waals surface area contributed by atoms with Crippen LogP contribution in [0.3, 0.4) is 0 Å². The molecule has 1 atom stereocenters. The van der Waals surface area contributed by atoms with Gasteiger partial charge in [0.15, 0.2) is 0 Å². The van der Waals surface area contributed by atoms with Crippen LogP contribution in [0, 0.1) is 6.92 Å². The summed E-state index contributed by atoms with van der Waals surface area (Å²) in [6.07, 6.45) is 1.02. The Hall–Kier alpha value is -1.55. The molecule has 0 aliphatic heterocycles.